The molecule has 1 N–H and O–H groups in total. The van der Waals surface area contributed by atoms with Crippen LogP contribution in [-0.4, -0.2) is 64.9 Å². The normalized spacial score (nSPS) is 15.6. The maximum Gasteiger partial charge on any atom is 0.573 e. The summed E-state index contributed by atoms with van der Waals surface area (Å²) in [7, 11) is 0. The summed E-state index contributed by atoms with van der Waals surface area (Å²) in [6.45, 7) is 3.61. The molecule has 1 aliphatic rings. The third-order valence-corrected chi connectivity index (χ3v) is 5.49. The number of amides is 1. The predicted molar refractivity (Wildman–Crippen MR) is 111 cm³/mol. The van der Waals surface area contributed by atoms with Gasteiger partial charge in [0.2, 0.25) is 17.6 Å². The molecule has 3 heterocycles. The molecular weight excluding hydrogens is 447 g/mol. The molecule has 0 radical (unpaired) electrons. The lowest BCUT2D eigenvalue weighted by Gasteiger charge is -2.33. The molecule has 1 aliphatic heterocycles. The number of halogens is 3. The van der Waals surface area contributed by atoms with E-state index in [1.807, 2.05) is 21.7 Å². The summed E-state index contributed by atoms with van der Waals surface area (Å²) in [5, 5.41) is 10.6. The molecule has 4 rings (SSSR count). The second-order valence-corrected chi connectivity index (χ2v) is 7.98. The van der Waals surface area contributed by atoms with Gasteiger partial charge in [-0.25, -0.2) is 0 Å². The lowest BCUT2D eigenvalue weighted by Crippen LogP contribution is -2.48. The fourth-order valence-corrected chi connectivity index (χ4v) is 3.90. The lowest BCUT2D eigenvalue weighted by molar-refractivity contribution is -0.274. The van der Waals surface area contributed by atoms with Crippen molar-refractivity contribution in [3.05, 3.63) is 47.0 Å². The molecule has 2 aromatic heterocycles. The van der Waals surface area contributed by atoms with Gasteiger partial charge >= 0.3 is 6.36 Å². The molecule has 170 valence electrons. The van der Waals surface area contributed by atoms with Crippen LogP contribution in [0.25, 0.3) is 11.4 Å². The zero-order chi connectivity index (χ0) is 22.6. The number of carbonyl (C=O) groups excluding carboxylic acids is 1. The molecule has 32 heavy (non-hydrogen) atoms. The minimum atomic E-state index is -4.75. The molecule has 12 heteroatoms. The Morgan fingerprint density at radius 2 is 1.84 bits per heavy atom. The summed E-state index contributed by atoms with van der Waals surface area (Å²) in [6, 6.07) is 6.98. The Kier molecular flexibility index (Phi) is 6.72. The highest BCUT2D eigenvalue weighted by atomic mass is 32.1. The minimum Gasteiger partial charge on any atom is -0.406 e. The van der Waals surface area contributed by atoms with E-state index in [0.717, 1.165) is 30.8 Å². The monoisotopic (exact) mass is 467 g/mol. The van der Waals surface area contributed by atoms with Crippen LogP contribution >= 0.6 is 11.3 Å². The van der Waals surface area contributed by atoms with Gasteiger partial charge in [0.05, 0.1) is 13.1 Å². The standard InChI is InChI=1S/C20H20F3N5O3S/c21-20(22,23)30-16-3-1-15(2-4-16)24-17(29)11-27-6-8-28(9-7-27)12-18-25-19(26-31-18)14-5-10-32-13-14/h1-5,10,13H,6-9,11-12H2,(H,24,29). The third-order valence-electron chi connectivity index (χ3n) is 4.81. The lowest BCUT2D eigenvalue weighted by atomic mass is 10.3. The number of nitrogens with zero attached hydrogens (tertiary/aromatic N) is 4. The molecular formula is C20H20F3N5O3S. The van der Waals surface area contributed by atoms with Gasteiger partial charge in [0.1, 0.15) is 5.75 Å². The quantitative estimate of drug-likeness (QED) is 0.570. The second-order valence-electron chi connectivity index (χ2n) is 7.20. The van der Waals surface area contributed by atoms with Gasteiger partial charge in [-0.3, -0.25) is 14.6 Å². The average Bonchev–Trinajstić information content (AvgIpc) is 3.42. The molecule has 1 amide bonds. The largest absolute Gasteiger partial charge is 0.573 e. The zero-order valence-corrected chi connectivity index (χ0v) is 17.7. The summed E-state index contributed by atoms with van der Waals surface area (Å²) in [5.41, 5.74) is 1.34. The smallest absolute Gasteiger partial charge is 0.406 e. The average molecular weight is 467 g/mol. The van der Waals surface area contributed by atoms with E-state index in [4.69, 9.17) is 4.52 Å². The van der Waals surface area contributed by atoms with Crippen LogP contribution < -0.4 is 10.1 Å². The Morgan fingerprint density at radius 1 is 1.12 bits per heavy atom. The van der Waals surface area contributed by atoms with E-state index in [1.54, 1.807) is 11.3 Å². The van der Waals surface area contributed by atoms with Crippen LogP contribution in [0.15, 0.2) is 45.6 Å². The van der Waals surface area contributed by atoms with Crippen molar-refractivity contribution in [2.24, 2.45) is 0 Å². The Labute approximate surface area is 185 Å². The molecule has 0 saturated carbocycles. The van der Waals surface area contributed by atoms with Crippen molar-refractivity contribution < 1.29 is 27.2 Å². The highest BCUT2D eigenvalue weighted by Gasteiger charge is 2.31. The van der Waals surface area contributed by atoms with Gasteiger partial charge in [-0.15, -0.1) is 13.2 Å². The van der Waals surface area contributed by atoms with Crippen LogP contribution in [0.1, 0.15) is 5.89 Å². The van der Waals surface area contributed by atoms with Crippen molar-refractivity contribution in [2.45, 2.75) is 12.9 Å². The van der Waals surface area contributed by atoms with E-state index in [1.165, 1.54) is 12.1 Å². The molecule has 1 aromatic carbocycles. The van der Waals surface area contributed by atoms with Crippen LogP contribution in [-0.2, 0) is 11.3 Å². The summed E-state index contributed by atoms with van der Waals surface area (Å²) >= 11 is 1.57. The van der Waals surface area contributed by atoms with E-state index in [2.05, 4.69) is 25.1 Å². The molecule has 0 spiro atoms. The molecule has 0 atom stereocenters. The van der Waals surface area contributed by atoms with Crippen molar-refractivity contribution >= 4 is 22.9 Å². The number of piperazine rings is 1. The Hall–Kier alpha value is -2.96. The molecule has 0 bridgehead atoms. The fraction of sp³-hybridized carbons (Fsp3) is 0.350. The first-order valence-electron chi connectivity index (χ1n) is 9.79. The fourth-order valence-electron chi connectivity index (χ4n) is 3.27. The SMILES string of the molecule is O=C(CN1CCN(Cc2nc(-c3ccsc3)no2)CC1)Nc1ccc(OC(F)(F)F)cc1. The maximum absolute atomic E-state index is 12.3. The van der Waals surface area contributed by atoms with Crippen LogP contribution in [0.3, 0.4) is 0 Å². The van der Waals surface area contributed by atoms with Gasteiger partial charge in [0.25, 0.3) is 0 Å². The first kappa shape index (κ1) is 22.2. The first-order valence-corrected chi connectivity index (χ1v) is 10.7. The van der Waals surface area contributed by atoms with Gasteiger partial charge < -0.3 is 14.6 Å². The molecule has 8 nitrogen and oxygen atoms in total. The van der Waals surface area contributed by atoms with Crippen molar-refractivity contribution in [3.8, 4) is 17.1 Å². The van der Waals surface area contributed by atoms with Gasteiger partial charge in [0, 0.05) is 42.8 Å². The first-order chi connectivity index (χ1) is 15.3. The van der Waals surface area contributed by atoms with E-state index in [0.29, 0.717) is 37.0 Å². The third kappa shape index (κ3) is 6.28. The summed E-state index contributed by atoms with van der Waals surface area (Å²) in [6.07, 6.45) is -4.75. The van der Waals surface area contributed by atoms with Crippen LogP contribution in [0.5, 0.6) is 5.75 Å². The van der Waals surface area contributed by atoms with E-state index < -0.39 is 6.36 Å². The Morgan fingerprint density at radius 3 is 2.50 bits per heavy atom. The molecule has 0 unspecified atom stereocenters. The predicted octanol–water partition coefficient (Wildman–Crippen LogP) is 3.45. The summed E-state index contributed by atoms with van der Waals surface area (Å²) < 4.78 is 45.8. The van der Waals surface area contributed by atoms with Crippen molar-refractivity contribution in [1.82, 2.24) is 19.9 Å². The van der Waals surface area contributed by atoms with Gasteiger partial charge in [-0.1, -0.05) is 5.16 Å². The van der Waals surface area contributed by atoms with E-state index in [-0.39, 0.29) is 18.2 Å². The Balaban J connectivity index is 1.20. The highest BCUT2D eigenvalue weighted by molar-refractivity contribution is 7.08. The number of hydrogen-bond donors (Lipinski definition) is 1. The van der Waals surface area contributed by atoms with Gasteiger partial charge in [0.15, 0.2) is 0 Å². The summed E-state index contributed by atoms with van der Waals surface area (Å²) in [4.78, 5) is 20.9. The topological polar surface area (TPSA) is 83.7 Å². The Bertz CT molecular complexity index is 1020. The number of alkyl halides is 3. The van der Waals surface area contributed by atoms with Crippen LogP contribution in [0.4, 0.5) is 18.9 Å². The van der Waals surface area contributed by atoms with Crippen molar-refractivity contribution in [1.29, 1.82) is 0 Å². The van der Waals surface area contributed by atoms with E-state index >= 15 is 0 Å². The number of nitrogens with one attached hydrogen (secondary N) is 1. The van der Waals surface area contributed by atoms with Crippen LogP contribution in [0.2, 0.25) is 0 Å². The minimum absolute atomic E-state index is 0.192. The van der Waals surface area contributed by atoms with Gasteiger partial charge in [-0.2, -0.15) is 16.3 Å². The molecule has 1 fully saturated rings. The number of rotatable bonds is 7. The number of thiophene rings is 1. The highest BCUT2D eigenvalue weighted by Crippen LogP contribution is 2.24. The number of anilines is 1. The number of carbonyl (C=O) groups is 1. The molecule has 3 aromatic rings. The molecule has 1 saturated heterocycles. The zero-order valence-electron chi connectivity index (χ0n) is 16.8. The van der Waals surface area contributed by atoms with Crippen molar-refractivity contribution in [2.75, 3.05) is 38.0 Å². The molecule has 0 aliphatic carbocycles. The maximum atomic E-state index is 12.3. The number of benzene rings is 1. The van der Waals surface area contributed by atoms with Crippen molar-refractivity contribution in [3.63, 3.8) is 0 Å². The second kappa shape index (κ2) is 9.67. The number of ether oxygens (including phenoxy) is 1. The summed E-state index contributed by atoms with van der Waals surface area (Å²) in [5.74, 6) is 0.556. The number of aromatic nitrogens is 2. The van der Waals surface area contributed by atoms with Crippen LogP contribution in [0, 0.1) is 0 Å². The van der Waals surface area contributed by atoms with E-state index in [9.17, 15) is 18.0 Å². The number of hydrogen-bond acceptors (Lipinski definition) is 8. The van der Waals surface area contributed by atoms with Gasteiger partial charge in [-0.05, 0) is 35.7 Å².